The minimum absolute atomic E-state index is 0.207. The summed E-state index contributed by atoms with van der Waals surface area (Å²) in [5, 5.41) is 35.7. The van der Waals surface area contributed by atoms with Crippen molar-refractivity contribution in [2.75, 3.05) is 6.61 Å². The van der Waals surface area contributed by atoms with Crippen LogP contribution in [0.25, 0.3) is 0 Å². The number of aromatic nitrogens is 2. The normalized spacial score (nSPS) is 29.7. The molecule has 0 radical (unpaired) electrons. The smallest absolute Gasteiger partial charge is 0.369 e. The lowest BCUT2D eigenvalue weighted by Gasteiger charge is -2.18. The van der Waals surface area contributed by atoms with Crippen molar-refractivity contribution in [2.45, 2.75) is 24.5 Å². The molecule has 21 heavy (non-hydrogen) atoms. The molecule has 0 amide bonds. The molecule has 12 heteroatoms. The topological polar surface area (TPSA) is 175 Å². The fraction of sp³-hybridized carbons (Fsp3) is 0.556. The van der Waals surface area contributed by atoms with Gasteiger partial charge in [-0.25, -0.2) is 4.79 Å². The molecule has 1 aliphatic heterocycles. The van der Waals surface area contributed by atoms with Gasteiger partial charge in [0.15, 0.2) is 6.23 Å². The van der Waals surface area contributed by atoms with E-state index in [1.54, 1.807) is 0 Å². The molecule has 0 spiro atoms. The molecule has 2 rings (SSSR count). The Morgan fingerprint density at radius 2 is 1.95 bits per heavy atom. The van der Waals surface area contributed by atoms with Gasteiger partial charge >= 0.3 is 16.0 Å². The van der Waals surface area contributed by atoms with Crippen molar-refractivity contribution in [1.29, 1.82) is 5.41 Å². The second-order valence-electron chi connectivity index (χ2n) is 4.36. The Labute approximate surface area is 117 Å². The van der Waals surface area contributed by atoms with Gasteiger partial charge in [0, 0.05) is 6.20 Å². The average Bonchev–Trinajstić information content (AvgIpc) is 2.65. The van der Waals surface area contributed by atoms with Gasteiger partial charge < -0.3 is 20.1 Å². The van der Waals surface area contributed by atoms with E-state index < -0.39 is 52.6 Å². The number of hydrogen-bond donors (Lipinski definition) is 5. The molecule has 4 atom stereocenters. The number of nitrogens with zero attached hydrogens (tertiary/aromatic N) is 2. The van der Waals surface area contributed by atoms with Gasteiger partial charge in [-0.3, -0.25) is 14.5 Å². The van der Waals surface area contributed by atoms with Gasteiger partial charge in [-0.1, -0.05) is 0 Å². The first-order valence-corrected chi connectivity index (χ1v) is 7.07. The zero-order chi connectivity index (χ0) is 15.9. The Balaban J connectivity index is 2.58. The van der Waals surface area contributed by atoms with Crippen LogP contribution in [0.5, 0.6) is 0 Å². The summed E-state index contributed by atoms with van der Waals surface area (Å²) in [7, 11) is -5.02. The third-order valence-corrected chi connectivity index (χ3v) is 3.84. The third-order valence-electron chi connectivity index (χ3n) is 3.03. The van der Waals surface area contributed by atoms with Crippen LogP contribution in [0.1, 0.15) is 6.23 Å². The van der Waals surface area contributed by atoms with E-state index in [1.807, 2.05) is 0 Å². The molecule has 0 aliphatic carbocycles. The Morgan fingerprint density at radius 1 is 1.33 bits per heavy atom. The lowest BCUT2D eigenvalue weighted by atomic mass is 10.1. The van der Waals surface area contributed by atoms with E-state index >= 15 is 0 Å². The largest absolute Gasteiger partial charge is 0.394 e. The van der Waals surface area contributed by atoms with Crippen LogP contribution in [0.4, 0.5) is 0 Å². The summed E-state index contributed by atoms with van der Waals surface area (Å²) in [5.74, 6) is 0. The van der Waals surface area contributed by atoms with Crippen molar-refractivity contribution < 1.29 is 33.0 Å². The number of hydrogen-bond acceptors (Lipinski definition) is 8. The minimum atomic E-state index is -5.02. The van der Waals surface area contributed by atoms with Crippen molar-refractivity contribution in [3.8, 4) is 0 Å². The highest BCUT2D eigenvalue weighted by atomic mass is 32.2. The molecule has 5 N–H and O–H groups in total. The monoisotopic (exact) mass is 323 g/mol. The molecule has 1 saturated heterocycles. The van der Waals surface area contributed by atoms with E-state index in [9.17, 15) is 23.4 Å². The number of nitrogens with one attached hydrogen (secondary N) is 1. The molecule has 2 heterocycles. The van der Waals surface area contributed by atoms with Gasteiger partial charge in [0.1, 0.15) is 23.8 Å². The van der Waals surface area contributed by atoms with Crippen molar-refractivity contribution >= 4 is 10.3 Å². The lowest BCUT2D eigenvalue weighted by molar-refractivity contribution is -0.0552. The quantitative estimate of drug-likeness (QED) is 0.354. The molecular weight excluding hydrogens is 310 g/mol. The summed E-state index contributed by atoms with van der Waals surface area (Å²) in [5.41, 5.74) is -2.16. The van der Waals surface area contributed by atoms with E-state index in [-0.39, 0.29) is 3.97 Å². The predicted molar refractivity (Wildman–Crippen MR) is 64.5 cm³/mol. The molecular formula is C9H13N3O8S. The van der Waals surface area contributed by atoms with Gasteiger partial charge in [0.25, 0.3) is 0 Å². The lowest BCUT2D eigenvalue weighted by Crippen LogP contribution is -2.45. The summed E-state index contributed by atoms with van der Waals surface area (Å²) in [6.45, 7) is -0.627. The van der Waals surface area contributed by atoms with E-state index in [2.05, 4.69) is 0 Å². The van der Waals surface area contributed by atoms with Gasteiger partial charge in [0.05, 0.1) is 6.61 Å². The van der Waals surface area contributed by atoms with Crippen LogP contribution in [0.3, 0.4) is 0 Å². The molecule has 0 aromatic carbocycles. The van der Waals surface area contributed by atoms with Crippen LogP contribution in [0.15, 0.2) is 17.1 Å². The zero-order valence-electron chi connectivity index (χ0n) is 10.4. The summed E-state index contributed by atoms with van der Waals surface area (Å²) >= 11 is 0. The molecule has 0 saturated carbocycles. The first kappa shape index (κ1) is 15.8. The zero-order valence-corrected chi connectivity index (χ0v) is 11.2. The number of ether oxygens (including phenoxy) is 1. The molecule has 1 aromatic heterocycles. The maximum Gasteiger partial charge on any atom is 0.369 e. The van der Waals surface area contributed by atoms with Gasteiger partial charge in [-0.05, 0) is 6.07 Å². The van der Waals surface area contributed by atoms with E-state index in [0.29, 0.717) is 4.57 Å². The Bertz CT molecular complexity index is 753. The van der Waals surface area contributed by atoms with Crippen LogP contribution < -0.4 is 11.2 Å². The van der Waals surface area contributed by atoms with Crippen LogP contribution in [-0.2, 0) is 15.0 Å². The van der Waals surface area contributed by atoms with Crippen molar-refractivity contribution in [3.63, 3.8) is 0 Å². The molecule has 1 fully saturated rings. The fourth-order valence-corrected chi connectivity index (χ4v) is 2.62. The minimum Gasteiger partial charge on any atom is -0.394 e. The highest BCUT2D eigenvalue weighted by Crippen LogP contribution is 2.27. The first-order chi connectivity index (χ1) is 9.68. The van der Waals surface area contributed by atoms with Crippen LogP contribution >= 0.6 is 0 Å². The SMILES string of the molecule is N=c1ccn([C@@H]2O[C@H](CO)[C@@H](O)[C@H]2O)c(=O)n1S(=O)(=O)O. The second kappa shape index (κ2) is 5.32. The van der Waals surface area contributed by atoms with Crippen molar-refractivity contribution in [1.82, 2.24) is 8.54 Å². The molecule has 11 nitrogen and oxygen atoms in total. The fourth-order valence-electron chi connectivity index (χ4n) is 2.02. The van der Waals surface area contributed by atoms with E-state index in [1.165, 1.54) is 0 Å². The third kappa shape index (κ3) is 2.64. The molecule has 0 bridgehead atoms. The van der Waals surface area contributed by atoms with Crippen LogP contribution in [0, 0.1) is 5.41 Å². The Kier molecular flexibility index (Phi) is 4.01. The summed E-state index contributed by atoms with van der Waals surface area (Å²) in [6.07, 6.45) is -4.76. The Morgan fingerprint density at radius 3 is 2.43 bits per heavy atom. The summed E-state index contributed by atoms with van der Waals surface area (Å²) in [6, 6.07) is 0.879. The van der Waals surface area contributed by atoms with E-state index in [4.69, 9.17) is 19.8 Å². The van der Waals surface area contributed by atoms with Gasteiger partial charge in [-0.2, -0.15) is 8.42 Å². The maximum absolute atomic E-state index is 12.0. The highest BCUT2D eigenvalue weighted by Gasteiger charge is 2.44. The molecule has 1 aromatic rings. The predicted octanol–water partition coefficient (Wildman–Crippen LogP) is -3.61. The van der Waals surface area contributed by atoms with E-state index in [0.717, 1.165) is 12.3 Å². The summed E-state index contributed by atoms with van der Waals surface area (Å²) < 4.78 is 36.6. The average molecular weight is 323 g/mol. The second-order valence-corrected chi connectivity index (χ2v) is 5.62. The standard InChI is InChI=1S/C9H13N3O8S/c10-5-1-2-11(9(16)12(5)21(17,18)19)8-7(15)6(14)4(3-13)20-8/h1-2,4,6-8,10,13-15H,3H2,(H,17,18,19)/t4-,6-,7-,8-/m1/s1. The van der Waals surface area contributed by atoms with Crippen LogP contribution in [-0.4, -0.2) is 61.7 Å². The first-order valence-electron chi connectivity index (χ1n) is 5.67. The van der Waals surface area contributed by atoms with Gasteiger partial charge in [0.2, 0.25) is 0 Å². The highest BCUT2D eigenvalue weighted by molar-refractivity contribution is 7.84. The number of rotatable bonds is 3. The van der Waals surface area contributed by atoms with Crippen molar-refractivity contribution in [2.24, 2.45) is 0 Å². The number of aliphatic hydroxyl groups is 3. The van der Waals surface area contributed by atoms with Crippen LogP contribution in [0.2, 0.25) is 0 Å². The molecule has 1 aliphatic rings. The van der Waals surface area contributed by atoms with Crippen molar-refractivity contribution in [3.05, 3.63) is 28.2 Å². The maximum atomic E-state index is 12.0. The molecule has 0 unspecified atom stereocenters. The van der Waals surface area contributed by atoms with Gasteiger partial charge in [-0.15, -0.1) is 3.97 Å². The molecule has 118 valence electrons. The summed E-state index contributed by atoms with van der Waals surface area (Å²) in [4.78, 5) is 12.0. The Hall–Kier alpha value is -1.57. The number of aliphatic hydroxyl groups excluding tert-OH is 3.